The monoisotopic (exact) mass is 163 g/mol. The van der Waals surface area contributed by atoms with Crippen molar-refractivity contribution in [1.29, 1.82) is 0 Å². The van der Waals surface area contributed by atoms with Crippen molar-refractivity contribution in [1.82, 2.24) is 5.16 Å². The molecule has 12 heavy (non-hydrogen) atoms. The predicted octanol–water partition coefficient (Wildman–Crippen LogP) is 1.29. The first-order chi connectivity index (χ1) is 5.86. The molecule has 1 fully saturated rings. The highest BCUT2D eigenvalue weighted by atomic mass is 16.5. The average molecular weight is 163 g/mol. The lowest BCUT2D eigenvalue weighted by Crippen LogP contribution is -2.20. The van der Waals surface area contributed by atoms with Gasteiger partial charge in [0.1, 0.15) is 11.5 Å². The second-order valence-electron chi connectivity index (χ2n) is 3.64. The van der Waals surface area contributed by atoms with Gasteiger partial charge in [0.05, 0.1) is 6.20 Å². The molecule has 1 aromatic rings. The van der Waals surface area contributed by atoms with Crippen molar-refractivity contribution in [2.24, 2.45) is 5.92 Å². The van der Waals surface area contributed by atoms with Gasteiger partial charge in [-0.15, -0.1) is 0 Å². The molecule has 2 bridgehead atoms. The summed E-state index contributed by atoms with van der Waals surface area (Å²) in [6.45, 7) is 0. The molecule has 0 unspecified atom stereocenters. The summed E-state index contributed by atoms with van der Waals surface area (Å²) < 4.78 is 5.08. The highest BCUT2D eigenvalue weighted by Crippen LogP contribution is 2.43. The highest BCUT2D eigenvalue weighted by molar-refractivity contribution is 5.91. The van der Waals surface area contributed by atoms with Gasteiger partial charge in [0.2, 0.25) is 0 Å². The Balaban J connectivity index is 2.18. The number of fused-ring (bicyclic) bond motifs is 4. The van der Waals surface area contributed by atoms with Crippen molar-refractivity contribution in [3.63, 3.8) is 0 Å². The predicted molar refractivity (Wildman–Crippen MR) is 40.7 cm³/mol. The Morgan fingerprint density at radius 3 is 3.33 bits per heavy atom. The third-order valence-electron chi connectivity index (χ3n) is 3.03. The van der Waals surface area contributed by atoms with Crippen molar-refractivity contribution >= 4 is 5.78 Å². The normalized spacial score (nSPS) is 32.2. The molecule has 0 aliphatic heterocycles. The molecule has 2 aliphatic rings. The van der Waals surface area contributed by atoms with Crippen molar-refractivity contribution in [3.8, 4) is 0 Å². The van der Waals surface area contributed by atoms with Crippen LogP contribution in [0.3, 0.4) is 0 Å². The molecule has 2 atom stereocenters. The van der Waals surface area contributed by atoms with E-state index in [9.17, 15) is 4.79 Å². The van der Waals surface area contributed by atoms with E-state index in [0.29, 0.717) is 5.78 Å². The molecule has 0 radical (unpaired) electrons. The van der Waals surface area contributed by atoms with Gasteiger partial charge in [-0.1, -0.05) is 5.16 Å². The largest absolute Gasteiger partial charge is 0.361 e. The minimum Gasteiger partial charge on any atom is -0.361 e. The highest BCUT2D eigenvalue weighted by Gasteiger charge is 2.42. The van der Waals surface area contributed by atoms with Crippen LogP contribution < -0.4 is 0 Å². The number of hydrogen-bond acceptors (Lipinski definition) is 3. The zero-order valence-electron chi connectivity index (χ0n) is 6.62. The van der Waals surface area contributed by atoms with E-state index < -0.39 is 0 Å². The van der Waals surface area contributed by atoms with Gasteiger partial charge >= 0.3 is 0 Å². The molecule has 0 aromatic carbocycles. The van der Waals surface area contributed by atoms with E-state index >= 15 is 0 Å². The fourth-order valence-corrected chi connectivity index (χ4v) is 2.38. The molecule has 0 saturated heterocycles. The number of ketones is 1. The molecular formula is C9H9NO2. The lowest BCUT2D eigenvalue weighted by atomic mass is 9.87. The number of rotatable bonds is 0. The number of hydrogen-bond donors (Lipinski definition) is 0. The van der Waals surface area contributed by atoms with Crippen LogP contribution >= 0.6 is 0 Å². The molecular weight excluding hydrogens is 154 g/mol. The summed E-state index contributed by atoms with van der Waals surface area (Å²) in [5.41, 5.74) is 1.05. The number of aromatic nitrogens is 1. The number of Topliss-reactive ketones (excluding diaryl/α,β-unsaturated/α-hetero) is 1. The van der Waals surface area contributed by atoms with Crippen molar-refractivity contribution in [2.45, 2.75) is 25.2 Å². The first-order valence-corrected chi connectivity index (χ1v) is 4.33. The maximum absolute atomic E-state index is 11.6. The maximum Gasteiger partial charge on any atom is 0.144 e. The SMILES string of the molecule is O=C1[C@H]2CC[C@H]1c1cnoc1C2. The Hall–Kier alpha value is -1.12. The smallest absolute Gasteiger partial charge is 0.144 e. The third kappa shape index (κ3) is 0.618. The summed E-state index contributed by atoms with van der Waals surface area (Å²) in [6.07, 6.45) is 4.52. The van der Waals surface area contributed by atoms with E-state index in [-0.39, 0.29) is 11.8 Å². The Kier molecular flexibility index (Phi) is 1.05. The van der Waals surface area contributed by atoms with E-state index in [1.807, 2.05) is 0 Å². The van der Waals surface area contributed by atoms with Crippen LogP contribution in [0.25, 0.3) is 0 Å². The van der Waals surface area contributed by atoms with Crippen molar-refractivity contribution in [3.05, 3.63) is 17.5 Å². The zero-order valence-corrected chi connectivity index (χ0v) is 6.62. The van der Waals surface area contributed by atoms with Crippen LogP contribution in [-0.2, 0) is 11.2 Å². The molecule has 0 amide bonds. The van der Waals surface area contributed by atoms with Crippen molar-refractivity contribution in [2.75, 3.05) is 0 Å². The standard InChI is InChI=1S/C9H9NO2/c11-9-5-1-2-6(9)7-4-10-12-8(7)3-5/h4-6H,1-3H2/t5-,6-/m0/s1. The van der Waals surface area contributed by atoms with E-state index in [1.54, 1.807) is 6.20 Å². The fourth-order valence-electron chi connectivity index (χ4n) is 2.38. The maximum atomic E-state index is 11.6. The van der Waals surface area contributed by atoms with Crippen molar-refractivity contribution < 1.29 is 9.32 Å². The number of carbonyl (C=O) groups is 1. The molecule has 1 saturated carbocycles. The van der Waals surface area contributed by atoms with Crippen LogP contribution in [0.4, 0.5) is 0 Å². The second-order valence-corrected chi connectivity index (χ2v) is 3.64. The fraction of sp³-hybridized carbons (Fsp3) is 0.556. The van der Waals surface area contributed by atoms with Crippen LogP contribution in [0.1, 0.15) is 30.1 Å². The number of carbonyl (C=O) groups excluding carboxylic acids is 1. The topological polar surface area (TPSA) is 43.1 Å². The molecule has 3 nitrogen and oxygen atoms in total. The summed E-state index contributed by atoms with van der Waals surface area (Å²) in [7, 11) is 0. The lowest BCUT2D eigenvalue weighted by molar-refractivity contribution is -0.122. The molecule has 3 rings (SSSR count). The number of nitrogens with zero attached hydrogens (tertiary/aromatic N) is 1. The zero-order chi connectivity index (χ0) is 8.13. The van der Waals surface area contributed by atoms with Gasteiger partial charge in [0.15, 0.2) is 0 Å². The first-order valence-electron chi connectivity index (χ1n) is 4.33. The lowest BCUT2D eigenvalue weighted by Gasteiger charge is -2.14. The summed E-state index contributed by atoms with van der Waals surface area (Å²) >= 11 is 0. The molecule has 3 heteroatoms. The van der Waals surface area contributed by atoms with Crippen LogP contribution in [-0.4, -0.2) is 10.9 Å². The minimum atomic E-state index is 0.116. The van der Waals surface area contributed by atoms with Gasteiger partial charge in [-0.05, 0) is 12.8 Å². The second kappa shape index (κ2) is 1.97. The van der Waals surface area contributed by atoms with Gasteiger partial charge in [-0.2, -0.15) is 0 Å². The van der Waals surface area contributed by atoms with E-state index in [2.05, 4.69) is 5.16 Å². The summed E-state index contributed by atoms with van der Waals surface area (Å²) in [5.74, 6) is 1.70. The van der Waals surface area contributed by atoms with E-state index in [0.717, 1.165) is 30.6 Å². The van der Waals surface area contributed by atoms with E-state index in [1.165, 1.54) is 0 Å². The first kappa shape index (κ1) is 6.40. The summed E-state index contributed by atoms with van der Waals surface area (Å²) in [4.78, 5) is 11.6. The van der Waals surface area contributed by atoms with Crippen LogP contribution in [0, 0.1) is 5.92 Å². The minimum absolute atomic E-state index is 0.116. The molecule has 2 aliphatic carbocycles. The Bertz CT molecular complexity index is 342. The van der Waals surface area contributed by atoms with Crippen LogP contribution in [0.15, 0.2) is 10.7 Å². The van der Waals surface area contributed by atoms with Crippen LogP contribution in [0.2, 0.25) is 0 Å². The third-order valence-corrected chi connectivity index (χ3v) is 3.03. The van der Waals surface area contributed by atoms with Crippen LogP contribution in [0.5, 0.6) is 0 Å². The summed E-state index contributed by atoms with van der Waals surface area (Å²) in [6, 6.07) is 0. The average Bonchev–Trinajstić information content (AvgIpc) is 2.59. The summed E-state index contributed by atoms with van der Waals surface area (Å²) in [5, 5.41) is 3.73. The van der Waals surface area contributed by atoms with E-state index in [4.69, 9.17) is 4.52 Å². The van der Waals surface area contributed by atoms with Gasteiger partial charge in [0, 0.05) is 23.8 Å². The van der Waals surface area contributed by atoms with Gasteiger partial charge < -0.3 is 4.52 Å². The quantitative estimate of drug-likeness (QED) is 0.578. The molecule has 62 valence electrons. The Labute approximate surface area is 69.7 Å². The Morgan fingerprint density at radius 2 is 2.42 bits per heavy atom. The van der Waals surface area contributed by atoms with Gasteiger partial charge in [0.25, 0.3) is 0 Å². The molecule has 1 aromatic heterocycles. The molecule has 1 heterocycles. The molecule has 0 N–H and O–H groups in total. The molecule has 0 spiro atoms. The Morgan fingerprint density at radius 1 is 1.50 bits per heavy atom. The van der Waals surface area contributed by atoms with Gasteiger partial charge in [-0.25, -0.2) is 0 Å². The van der Waals surface area contributed by atoms with Gasteiger partial charge in [-0.3, -0.25) is 4.79 Å².